The fourth-order valence-corrected chi connectivity index (χ4v) is 9.25. The normalized spacial score (nSPS) is 12.6. The first kappa shape index (κ1) is 32.4. The summed E-state index contributed by atoms with van der Waals surface area (Å²) in [6, 6.07) is 74.2. The minimum Gasteiger partial charge on any atom is -0.0620 e. The summed E-state index contributed by atoms with van der Waals surface area (Å²) in [5.74, 6) is 0. The summed E-state index contributed by atoms with van der Waals surface area (Å²) in [7, 11) is 0. The lowest BCUT2D eigenvalue weighted by atomic mass is 9.83. The molecular weight excluding hydrogens is 673 g/mol. The number of benzene rings is 10. The molecule has 0 amide bonds. The maximum absolute atomic E-state index is 2.48. The van der Waals surface area contributed by atoms with Crippen LogP contribution in [0.25, 0.3) is 99.2 Å². The lowest BCUT2D eigenvalue weighted by Gasteiger charge is -2.21. The zero-order valence-electron chi connectivity index (χ0n) is 31.0. The van der Waals surface area contributed by atoms with Crippen molar-refractivity contribution < 1.29 is 0 Å². The highest BCUT2D eigenvalue weighted by Gasteiger charge is 2.20. The summed E-state index contributed by atoms with van der Waals surface area (Å²) < 4.78 is 0. The average molecular weight is 711 g/mol. The fourth-order valence-electron chi connectivity index (χ4n) is 9.25. The van der Waals surface area contributed by atoms with E-state index in [0.717, 1.165) is 12.8 Å². The summed E-state index contributed by atoms with van der Waals surface area (Å²) in [6.07, 6.45) is 4.51. The van der Waals surface area contributed by atoms with Gasteiger partial charge in [0.2, 0.25) is 0 Å². The van der Waals surface area contributed by atoms with Crippen molar-refractivity contribution in [2.24, 2.45) is 0 Å². The van der Waals surface area contributed by atoms with Crippen LogP contribution in [0.1, 0.15) is 23.1 Å². The van der Waals surface area contributed by atoms with E-state index in [1.807, 2.05) is 0 Å². The predicted octanol–water partition coefficient (Wildman–Crippen LogP) is 15.5. The molecule has 0 aromatic heterocycles. The van der Waals surface area contributed by atoms with Crippen molar-refractivity contribution in [1.29, 1.82) is 0 Å². The second kappa shape index (κ2) is 13.4. The predicted molar refractivity (Wildman–Crippen MR) is 241 cm³/mol. The van der Waals surface area contributed by atoms with Crippen LogP contribution in [0, 0.1) is 0 Å². The van der Waals surface area contributed by atoms with Crippen LogP contribution in [0.4, 0.5) is 0 Å². The Bertz CT molecular complexity index is 3150. The average Bonchev–Trinajstić information content (AvgIpc) is 3.27. The van der Waals surface area contributed by atoms with Gasteiger partial charge in [0.05, 0.1) is 0 Å². The third kappa shape index (κ3) is 5.45. The summed E-state index contributed by atoms with van der Waals surface area (Å²) >= 11 is 0. The number of rotatable bonds is 5. The molecule has 56 heavy (non-hydrogen) atoms. The maximum Gasteiger partial charge on any atom is -0.00261 e. The van der Waals surface area contributed by atoms with Crippen LogP contribution in [0.15, 0.2) is 200 Å². The Kier molecular flexibility index (Phi) is 7.74. The lowest BCUT2D eigenvalue weighted by Crippen LogP contribution is -1.99. The minimum absolute atomic E-state index is 1.04. The summed E-state index contributed by atoms with van der Waals surface area (Å²) in [5.41, 5.74) is 15.5. The van der Waals surface area contributed by atoms with E-state index in [1.165, 1.54) is 110 Å². The van der Waals surface area contributed by atoms with E-state index in [1.54, 1.807) is 0 Å². The van der Waals surface area contributed by atoms with E-state index >= 15 is 0 Å². The molecule has 0 saturated carbocycles. The topological polar surface area (TPSA) is 0 Å². The molecule has 0 N–H and O–H groups in total. The van der Waals surface area contributed by atoms with Gasteiger partial charge in [-0.2, -0.15) is 0 Å². The molecule has 262 valence electrons. The molecule has 0 radical (unpaired) electrons. The zero-order valence-corrected chi connectivity index (χ0v) is 31.0. The molecule has 0 unspecified atom stereocenters. The number of allylic oxidation sites excluding steroid dienone is 1. The molecule has 1 aliphatic rings. The lowest BCUT2D eigenvalue weighted by molar-refractivity contribution is 1.00. The number of aryl methyl sites for hydroxylation is 1. The molecule has 0 fully saturated rings. The van der Waals surface area contributed by atoms with Crippen molar-refractivity contribution in [1.82, 2.24) is 0 Å². The number of hydrogen-bond donors (Lipinski definition) is 0. The first-order chi connectivity index (χ1) is 27.8. The Labute approximate surface area is 327 Å². The van der Waals surface area contributed by atoms with Gasteiger partial charge in [0.25, 0.3) is 0 Å². The van der Waals surface area contributed by atoms with E-state index in [9.17, 15) is 0 Å². The third-order valence-electron chi connectivity index (χ3n) is 12.0. The third-order valence-corrected chi connectivity index (χ3v) is 12.0. The largest absolute Gasteiger partial charge is 0.0620 e. The van der Waals surface area contributed by atoms with Gasteiger partial charge in [-0.1, -0.05) is 200 Å². The first-order valence-corrected chi connectivity index (χ1v) is 19.7. The Hall–Kier alpha value is -7.02. The number of fused-ring (bicyclic) bond motifs is 5. The van der Waals surface area contributed by atoms with Crippen molar-refractivity contribution in [3.63, 3.8) is 0 Å². The molecule has 0 atom stereocenters. The second-order valence-corrected chi connectivity index (χ2v) is 15.1. The standard InChI is InChI=1S/C56H38/c1-2-14-44-35-45(32-23-37(44)11-1)46-33-34-53-54(36-46)56(43-30-26-41(27-31-43)50-22-10-16-39-13-4-6-18-48(39)50)52-20-8-7-19-51(52)55(53)42-28-24-40(25-29-42)49-21-9-15-38-12-3-5-17-47(38)49/h1-22,24-31,33-36H,23,32H2. The molecule has 10 aromatic rings. The minimum atomic E-state index is 1.04. The zero-order chi connectivity index (χ0) is 37.0. The summed E-state index contributed by atoms with van der Waals surface area (Å²) in [6.45, 7) is 0. The molecule has 0 nitrogen and oxygen atoms in total. The second-order valence-electron chi connectivity index (χ2n) is 15.1. The fraction of sp³-hybridized carbons (Fsp3) is 0.0357. The van der Waals surface area contributed by atoms with E-state index in [4.69, 9.17) is 0 Å². The number of hydrogen-bond acceptors (Lipinski definition) is 0. The van der Waals surface area contributed by atoms with Crippen LogP contribution < -0.4 is 0 Å². The highest BCUT2D eigenvalue weighted by atomic mass is 14.2. The van der Waals surface area contributed by atoms with E-state index in [-0.39, 0.29) is 0 Å². The Morgan fingerprint density at radius 3 is 1.34 bits per heavy atom. The van der Waals surface area contributed by atoms with Crippen LogP contribution in [0.5, 0.6) is 0 Å². The van der Waals surface area contributed by atoms with E-state index in [0.29, 0.717) is 0 Å². The van der Waals surface area contributed by atoms with Crippen LogP contribution in [0.3, 0.4) is 0 Å². The molecule has 1 aliphatic carbocycles. The van der Waals surface area contributed by atoms with Gasteiger partial charge < -0.3 is 0 Å². The quantitative estimate of drug-likeness (QED) is 0.156. The van der Waals surface area contributed by atoms with Gasteiger partial charge in [0, 0.05) is 0 Å². The Morgan fingerprint density at radius 2 is 0.732 bits per heavy atom. The van der Waals surface area contributed by atoms with Crippen molar-refractivity contribution in [2.45, 2.75) is 12.8 Å². The van der Waals surface area contributed by atoms with Gasteiger partial charge in [-0.15, -0.1) is 0 Å². The van der Waals surface area contributed by atoms with Crippen LogP contribution in [-0.2, 0) is 6.42 Å². The Balaban J connectivity index is 1.12. The summed E-state index contributed by atoms with van der Waals surface area (Å²) in [5, 5.41) is 10.2. The van der Waals surface area contributed by atoms with Gasteiger partial charge in [0.1, 0.15) is 0 Å². The highest BCUT2D eigenvalue weighted by Crippen LogP contribution is 2.46. The van der Waals surface area contributed by atoms with Gasteiger partial charge in [-0.05, 0) is 129 Å². The van der Waals surface area contributed by atoms with Gasteiger partial charge in [-0.25, -0.2) is 0 Å². The van der Waals surface area contributed by atoms with Crippen LogP contribution in [0.2, 0.25) is 0 Å². The van der Waals surface area contributed by atoms with Crippen molar-refractivity contribution >= 4 is 54.7 Å². The van der Waals surface area contributed by atoms with Gasteiger partial charge in [0.15, 0.2) is 0 Å². The van der Waals surface area contributed by atoms with Gasteiger partial charge in [-0.3, -0.25) is 0 Å². The van der Waals surface area contributed by atoms with E-state index < -0.39 is 0 Å². The SMILES string of the molecule is C1=C(c2ccc3c(-c4ccc(-c5cccc6ccccc56)cc4)c4ccccc4c(-c4ccc(-c5cccc6ccccc56)cc4)c3c2)CCc2ccccc21. The molecule has 0 bridgehead atoms. The smallest absolute Gasteiger partial charge is 0.00261 e. The van der Waals surface area contributed by atoms with Crippen molar-refractivity contribution in [3.8, 4) is 44.5 Å². The van der Waals surface area contributed by atoms with Crippen LogP contribution >= 0.6 is 0 Å². The van der Waals surface area contributed by atoms with Crippen molar-refractivity contribution in [3.05, 3.63) is 217 Å². The highest BCUT2D eigenvalue weighted by molar-refractivity contribution is 6.22. The van der Waals surface area contributed by atoms with Crippen LogP contribution in [-0.4, -0.2) is 0 Å². The Morgan fingerprint density at radius 1 is 0.286 bits per heavy atom. The molecule has 0 aliphatic heterocycles. The molecule has 0 spiro atoms. The maximum atomic E-state index is 2.48. The van der Waals surface area contributed by atoms with E-state index in [2.05, 4.69) is 206 Å². The molecular formula is C56H38. The molecule has 0 saturated heterocycles. The molecule has 0 heterocycles. The van der Waals surface area contributed by atoms with Gasteiger partial charge >= 0.3 is 0 Å². The monoisotopic (exact) mass is 710 g/mol. The first-order valence-electron chi connectivity index (χ1n) is 19.7. The molecule has 11 rings (SSSR count). The molecule has 0 heteroatoms. The molecule has 10 aromatic carbocycles. The van der Waals surface area contributed by atoms with Crippen molar-refractivity contribution in [2.75, 3.05) is 0 Å². The summed E-state index contributed by atoms with van der Waals surface area (Å²) in [4.78, 5) is 0.